The summed E-state index contributed by atoms with van der Waals surface area (Å²) < 4.78 is 14.7. The van der Waals surface area contributed by atoms with Crippen LogP contribution in [0.5, 0.6) is 0 Å². The molecule has 0 bridgehead atoms. The molecule has 1 aromatic heterocycles. The monoisotopic (exact) mass is 387 g/mol. The third kappa shape index (κ3) is 4.01. The smallest absolute Gasteiger partial charge is 0.272 e. The Kier molecular flexibility index (Phi) is 5.28. The van der Waals surface area contributed by atoms with E-state index < -0.39 is 5.82 Å². The molecule has 1 N–H and O–H groups in total. The van der Waals surface area contributed by atoms with Gasteiger partial charge >= 0.3 is 0 Å². The Balaban J connectivity index is 1.86. The van der Waals surface area contributed by atoms with E-state index in [1.54, 1.807) is 11.5 Å². The van der Waals surface area contributed by atoms with Crippen LogP contribution in [-0.2, 0) is 11.3 Å². The van der Waals surface area contributed by atoms with Crippen LogP contribution in [0.25, 0.3) is 11.0 Å². The van der Waals surface area contributed by atoms with Crippen molar-refractivity contribution >= 4 is 34.2 Å². The topological polar surface area (TPSA) is 64.0 Å². The average Bonchev–Trinajstić information content (AvgIpc) is 2.60. The van der Waals surface area contributed by atoms with Crippen LogP contribution in [0.15, 0.2) is 35.1 Å². The van der Waals surface area contributed by atoms with Gasteiger partial charge in [0.1, 0.15) is 11.5 Å². The number of carbonyl (C=O) groups is 1. The van der Waals surface area contributed by atoms with E-state index in [2.05, 4.69) is 10.3 Å². The number of hydrogen-bond acceptors (Lipinski definition) is 3. The van der Waals surface area contributed by atoms with Crippen molar-refractivity contribution in [3.8, 4) is 0 Å². The summed E-state index contributed by atoms with van der Waals surface area (Å²) in [6.45, 7) is 5.81. The number of nitrogens with one attached hydrogen (secondary N) is 1. The summed E-state index contributed by atoms with van der Waals surface area (Å²) in [6.07, 6.45) is 0.0685. The lowest BCUT2D eigenvalue weighted by Gasteiger charge is -2.13. The minimum absolute atomic E-state index is 0.0685. The SMILES string of the molecule is Cc1cc2nc(C)c(=O)n(CCC(=O)Nc3ccc(F)cc3Cl)c2cc1C. The van der Waals surface area contributed by atoms with Crippen molar-refractivity contribution in [1.29, 1.82) is 0 Å². The molecule has 0 radical (unpaired) electrons. The Morgan fingerprint density at radius 1 is 1.19 bits per heavy atom. The van der Waals surface area contributed by atoms with Crippen molar-refractivity contribution in [2.45, 2.75) is 33.7 Å². The first kappa shape index (κ1) is 19.0. The van der Waals surface area contributed by atoms with Crippen LogP contribution >= 0.6 is 11.6 Å². The molecule has 0 saturated carbocycles. The first-order valence-corrected chi connectivity index (χ1v) is 8.87. The number of aromatic nitrogens is 2. The van der Waals surface area contributed by atoms with E-state index >= 15 is 0 Å². The fraction of sp³-hybridized carbons (Fsp3) is 0.250. The average molecular weight is 388 g/mol. The highest BCUT2D eigenvalue weighted by atomic mass is 35.5. The summed E-state index contributed by atoms with van der Waals surface area (Å²) in [6, 6.07) is 7.60. The van der Waals surface area contributed by atoms with Crippen LogP contribution in [-0.4, -0.2) is 15.5 Å². The summed E-state index contributed by atoms with van der Waals surface area (Å²) in [5, 5.41) is 2.76. The van der Waals surface area contributed by atoms with Crippen LogP contribution < -0.4 is 10.9 Å². The maximum absolute atomic E-state index is 13.1. The maximum atomic E-state index is 13.1. The van der Waals surface area contributed by atoms with E-state index in [9.17, 15) is 14.0 Å². The Morgan fingerprint density at radius 2 is 1.89 bits per heavy atom. The molecule has 0 spiro atoms. The van der Waals surface area contributed by atoms with Gasteiger partial charge in [-0.25, -0.2) is 9.37 Å². The molecule has 3 rings (SSSR count). The van der Waals surface area contributed by atoms with Gasteiger partial charge in [0.25, 0.3) is 5.56 Å². The Labute approximate surface area is 160 Å². The minimum atomic E-state index is -0.478. The summed E-state index contributed by atoms with van der Waals surface area (Å²) in [5.74, 6) is -0.796. The first-order valence-electron chi connectivity index (χ1n) is 8.49. The van der Waals surface area contributed by atoms with Gasteiger partial charge in [-0.2, -0.15) is 0 Å². The molecule has 0 unspecified atom stereocenters. The van der Waals surface area contributed by atoms with Crippen molar-refractivity contribution < 1.29 is 9.18 Å². The molecule has 0 atom stereocenters. The molecule has 1 amide bonds. The van der Waals surface area contributed by atoms with Crippen molar-refractivity contribution in [3.63, 3.8) is 0 Å². The second kappa shape index (κ2) is 7.48. The second-order valence-corrected chi connectivity index (χ2v) is 6.91. The zero-order valence-corrected chi connectivity index (χ0v) is 16.0. The number of nitrogens with zero attached hydrogens (tertiary/aromatic N) is 2. The Morgan fingerprint density at radius 3 is 2.59 bits per heavy atom. The third-order valence-electron chi connectivity index (χ3n) is 4.49. The summed E-state index contributed by atoms with van der Waals surface area (Å²) in [4.78, 5) is 29.2. The fourth-order valence-corrected chi connectivity index (χ4v) is 3.08. The molecule has 27 heavy (non-hydrogen) atoms. The molecule has 5 nitrogen and oxygen atoms in total. The number of rotatable bonds is 4. The van der Waals surface area contributed by atoms with Crippen LogP contribution in [0, 0.1) is 26.6 Å². The van der Waals surface area contributed by atoms with Gasteiger partial charge in [-0.05, 0) is 62.2 Å². The molecular weight excluding hydrogens is 369 g/mol. The third-order valence-corrected chi connectivity index (χ3v) is 4.80. The molecule has 0 fully saturated rings. The van der Waals surface area contributed by atoms with Crippen LogP contribution in [0.2, 0.25) is 5.02 Å². The summed E-state index contributed by atoms with van der Waals surface area (Å²) in [5.41, 5.74) is 4.04. The molecule has 0 aliphatic rings. The number of hydrogen-bond donors (Lipinski definition) is 1. The number of amides is 1. The number of carbonyl (C=O) groups excluding carboxylic acids is 1. The number of anilines is 1. The van der Waals surface area contributed by atoms with Gasteiger partial charge in [-0.3, -0.25) is 9.59 Å². The zero-order chi connectivity index (χ0) is 19.7. The predicted molar refractivity (Wildman–Crippen MR) is 105 cm³/mol. The molecule has 7 heteroatoms. The highest BCUT2D eigenvalue weighted by molar-refractivity contribution is 6.33. The van der Waals surface area contributed by atoms with Gasteiger partial charge < -0.3 is 9.88 Å². The number of fused-ring (bicyclic) bond motifs is 1. The van der Waals surface area contributed by atoms with Gasteiger partial charge in [0, 0.05) is 13.0 Å². The number of benzene rings is 2. The molecule has 3 aromatic rings. The molecule has 0 aliphatic carbocycles. The van der Waals surface area contributed by atoms with E-state index in [0.717, 1.165) is 22.7 Å². The van der Waals surface area contributed by atoms with E-state index in [0.29, 0.717) is 16.9 Å². The van der Waals surface area contributed by atoms with Crippen LogP contribution in [0.1, 0.15) is 23.2 Å². The molecule has 0 saturated heterocycles. The summed E-state index contributed by atoms with van der Waals surface area (Å²) >= 11 is 5.93. The Hall–Kier alpha value is -2.73. The maximum Gasteiger partial charge on any atom is 0.272 e. The highest BCUT2D eigenvalue weighted by Crippen LogP contribution is 2.22. The van der Waals surface area contributed by atoms with Crippen molar-refractivity contribution in [2.24, 2.45) is 0 Å². The Bertz CT molecular complexity index is 1110. The van der Waals surface area contributed by atoms with E-state index in [1.165, 1.54) is 12.1 Å². The van der Waals surface area contributed by atoms with E-state index in [-0.39, 0.29) is 29.5 Å². The largest absolute Gasteiger partial charge is 0.325 e. The minimum Gasteiger partial charge on any atom is -0.325 e. The molecule has 1 heterocycles. The van der Waals surface area contributed by atoms with Gasteiger partial charge in [0.2, 0.25) is 5.91 Å². The standard InChI is InChI=1S/C20H19ClFN3O2/c1-11-8-17-18(9-12(11)2)25(20(27)13(3)23-17)7-6-19(26)24-16-5-4-14(22)10-15(16)21/h4-5,8-10H,6-7H2,1-3H3,(H,24,26). The molecular formula is C20H19ClFN3O2. The van der Waals surface area contributed by atoms with E-state index in [4.69, 9.17) is 11.6 Å². The highest BCUT2D eigenvalue weighted by Gasteiger charge is 2.12. The van der Waals surface area contributed by atoms with Gasteiger partial charge in [0.05, 0.1) is 21.7 Å². The van der Waals surface area contributed by atoms with E-state index in [1.807, 2.05) is 26.0 Å². The molecule has 2 aromatic carbocycles. The second-order valence-electron chi connectivity index (χ2n) is 6.50. The van der Waals surface area contributed by atoms with Crippen molar-refractivity contribution in [2.75, 3.05) is 5.32 Å². The summed E-state index contributed by atoms with van der Waals surface area (Å²) in [7, 11) is 0. The zero-order valence-electron chi connectivity index (χ0n) is 15.3. The molecule has 140 valence electrons. The first-order chi connectivity index (χ1) is 12.8. The van der Waals surface area contributed by atoms with Crippen LogP contribution in [0.3, 0.4) is 0 Å². The van der Waals surface area contributed by atoms with Crippen LogP contribution in [0.4, 0.5) is 10.1 Å². The lowest BCUT2D eigenvalue weighted by molar-refractivity contribution is -0.116. The number of halogens is 2. The normalized spacial score (nSPS) is 11.0. The lowest BCUT2D eigenvalue weighted by Crippen LogP contribution is -2.26. The van der Waals surface area contributed by atoms with Crippen molar-refractivity contribution in [1.82, 2.24) is 9.55 Å². The fourth-order valence-electron chi connectivity index (χ4n) is 2.86. The number of aryl methyl sites for hydroxylation is 4. The van der Waals surface area contributed by atoms with Gasteiger partial charge in [-0.15, -0.1) is 0 Å². The van der Waals surface area contributed by atoms with Gasteiger partial charge in [-0.1, -0.05) is 11.6 Å². The van der Waals surface area contributed by atoms with Crippen molar-refractivity contribution in [3.05, 3.63) is 68.3 Å². The van der Waals surface area contributed by atoms with Gasteiger partial charge in [0.15, 0.2) is 0 Å². The quantitative estimate of drug-likeness (QED) is 0.731. The lowest BCUT2D eigenvalue weighted by atomic mass is 10.1. The molecule has 0 aliphatic heterocycles. The predicted octanol–water partition coefficient (Wildman–Crippen LogP) is 4.14.